The van der Waals surface area contributed by atoms with Crippen molar-refractivity contribution < 1.29 is 0 Å². The van der Waals surface area contributed by atoms with Crippen molar-refractivity contribution in [1.29, 1.82) is 0 Å². The lowest BCUT2D eigenvalue weighted by molar-refractivity contribution is 0.455. The largest absolute Gasteiger partial charge is 0.314 e. The van der Waals surface area contributed by atoms with Crippen LogP contribution in [-0.4, -0.2) is 18.5 Å². The van der Waals surface area contributed by atoms with Crippen LogP contribution in [0.1, 0.15) is 51.4 Å². The van der Waals surface area contributed by atoms with Crippen LogP contribution in [-0.2, 0) is 0 Å². The highest BCUT2D eigenvalue weighted by atomic mass is 35.5. The Hall–Kier alpha value is 0.250. The van der Waals surface area contributed by atoms with Gasteiger partial charge < -0.3 is 5.32 Å². The van der Waals surface area contributed by atoms with Crippen LogP contribution in [0.5, 0.6) is 0 Å². The first kappa shape index (κ1) is 11.3. The van der Waals surface area contributed by atoms with Crippen molar-refractivity contribution in [2.75, 3.05) is 12.4 Å². The van der Waals surface area contributed by atoms with Crippen LogP contribution in [0.4, 0.5) is 0 Å². The van der Waals surface area contributed by atoms with Gasteiger partial charge in [-0.3, -0.25) is 0 Å². The van der Waals surface area contributed by atoms with Gasteiger partial charge in [-0.15, -0.1) is 11.6 Å². The molecule has 0 aliphatic heterocycles. The van der Waals surface area contributed by atoms with Gasteiger partial charge in [0.1, 0.15) is 0 Å². The van der Waals surface area contributed by atoms with Crippen molar-refractivity contribution in [2.24, 2.45) is 0 Å². The van der Waals surface area contributed by atoms with Crippen LogP contribution in [0.3, 0.4) is 0 Å². The molecule has 0 saturated heterocycles. The summed E-state index contributed by atoms with van der Waals surface area (Å²) in [5.74, 6) is 0.812. The van der Waals surface area contributed by atoms with Crippen LogP contribution in [0, 0.1) is 0 Å². The fourth-order valence-corrected chi connectivity index (χ4v) is 2.20. The Balaban J connectivity index is 1.98. The first-order valence-electron chi connectivity index (χ1n) is 5.73. The average molecular weight is 204 g/mol. The lowest BCUT2D eigenvalue weighted by Crippen LogP contribution is -2.29. The second-order valence-corrected chi connectivity index (χ2v) is 4.42. The molecule has 0 spiro atoms. The summed E-state index contributed by atoms with van der Waals surface area (Å²) in [5.41, 5.74) is 0. The number of hydrogen-bond donors (Lipinski definition) is 1. The van der Waals surface area contributed by atoms with Crippen molar-refractivity contribution in [3.63, 3.8) is 0 Å². The minimum atomic E-state index is 0.804. The molecule has 1 aliphatic carbocycles. The summed E-state index contributed by atoms with van der Waals surface area (Å²) in [7, 11) is 0. The molecule has 0 aromatic carbocycles. The molecule has 0 unspecified atom stereocenters. The first-order chi connectivity index (χ1) is 6.43. The molecule has 13 heavy (non-hydrogen) atoms. The van der Waals surface area contributed by atoms with Gasteiger partial charge in [0.05, 0.1) is 0 Å². The summed E-state index contributed by atoms with van der Waals surface area (Å²) >= 11 is 5.62. The maximum absolute atomic E-state index is 5.62. The summed E-state index contributed by atoms with van der Waals surface area (Å²) in [4.78, 5) is 0. The highest BCUT2D eigenvalue weighted by molar-refractivity contribution is 6.17. The summed E-state index contributed by atoms with van der Waals surface area (Å²) in [6, 6.07) is 0.804. The summed E-state index contributed by atoms with van der Waals surface area (Å²) < 4.78 is 0. The van der Waals surface area contributed by atoms with Gasteiger partial charge in [-0.05, 0) is 32.2 Å². The second-order valence-electron chi connectivity index (χ2n) is 4.04. The van der Waals surface area contributed by atoms with E-state index in [1.54, 1.807) is 0 Å². The lowest BCUT2D eigenvalue weighted by atomic mass is 10.1. The lowest BCUT2D eigenvalue weighted by Gasteiger charge is -2.15. The molecule has 78 valence electrons. The molecule has 0 bridgehead atoms. The van der Waals surface area contributed by atoms with Crippen molar-refractivity contribution in [3.8, 4) is 0 Å². The van der Waals surface area contributed by atoms with E-state index >= 15 is 0 Å². The minimum absolute atomic E-state index is 0.804. The first-order valence-corrected chi connectivity index (χ1v) is 6.26. The topological polar surface area (TPSA) is 12.0 Å². The predicted octanol–water partition coefficient (Wildman–Crippen LogP) is 3.32. The maximum Gasteiger partial charge on any atom is 0.0223 e. The summed E-state index contributed by atoms with van der Waals surface area (Å²) in [6.07, 6.45) is 10.9. The summed E-state index contributed by atoms with van der Waals surface area (Å²) in [6.45, 7) is 1.16. The molecule has 0 aromatic heterocycles. The molecule has 2 heteroatoms. The Morgan fingerprint density at radius 1 is 1.00 bits per heavy atom. The highest BCUT2D eigenvalue weighted by Gasteiger charge is 2.10. The van der Waals surface area contributed by atoms with E-state index in [1.807, 2.05) is 0 Å². The number of alkyl halides is 1. The highest BCUT2D eigenvalue weighted by Crippen LogP contribution is 2.17. The minimum Gasteiger partial charge on any atom is -0.314 e. The third-order valence-electron chi connectivity index (χ3n) is 2.85. The Labute approximate surface area is 87.2 Å². The molecular formula is C11H22ClN. The van der Waals surface area contributed by atoms with E-state index in [0.29, 0.717) is 0 Å². The van der Waals surface area contributed by atoms with Crippen LogP contribution in [0.2, 0.25) is 0 Å². The molecule has 0 amide bonds. The van der Waals surface area contributed by atoms with E-state index in [0.717, 1.165) is 24.9 Å². The van der Waals surface area contributed by atoms with Crippen molar-refractivity contribution in [3.05, 3.63) is 0 Å². The standard InChI is InChI=1S/C11H22ClN/c12-9-5-6-10-13-11-7-3-1-2-4-8-11/h11,13H,1-10H2. The average Bonchev–Trinajstić information content (AvgIpc) is 2.41. The van der Waals surface area contributed by atoms with E-state index in [-0.39, 0.29) is 0 Å². The van der Waals surface area contributed by atoms with Gasteiger partial charge in [-0.1, -0.05) is 25.7 Å². The molecule has 1 nitrogen and oxygen atoms in total. The number of nitrogens with one attached hydrogen (secondary N) is 1. The van der Waals surface area contributed by atoms with Crippen LogP contribution >= 0.6 is 11.6 Å². The van der Waals surface area contributed by atoms with E-state index < -0.39 is 0 Å². The van der Waals surface area contributed by atoms with Crippen molar-refractivity contribution >= 4 is 11.6 Å². The maximum atomic E-state index is 5.62. The molecule has 0 atom stereocenters. The molecule has 1 fully saturated rings. The van der Waals surface area contributed by atoms with Crippen molar-refractivity contribution in [2.45, 2.75) is 57.4 Å². The Morgan fingerprint density at radius 2 is 1.69 bits per heavy atom. The third kappa shape index (κ3) is 5.53. The molecule has 1 rings (SSSR count). The summed E-state index contributed by atoms with van der Waals surface area (Å²) in [5, 5.41) is 3.64. The van der Waals surface area contributed by atoms with E-state index in [9.17, 15) is 0 Å². The smallest absolute Gasteiger partial charge is 0.0223 e. The predicted molar refractivity (Wildman–Crippen MR) is 59.4 cm³/mol. The zero-order valence-corrected chi connectivity index (χ0v) is 9.28. The molecule has 0 aromatic rings. The number of unbranched alkanes of at least 4 members (excludes halogenated alkanes) is 1. The van der Waals surface area contributed by atoms with Gasteiger partial charge in [-0.2, -0.15) is 0 Å². The van der Waals surface area contributed by atoms with Crippen LogP contribution in [0.15, 0.2) is 0 Å². The molecule has 0 heterocycles. The second kappa shape index (κ2) is 7.64. The Kier molecular flexibility index (Phi) is 6.65. The van der Waals surface area contributed by atoms with Gasteiger partial charge in [-0.25, -0.2) is 0 Å². The van der Waals surface area contributed by atoms with Crippen LogP contribution < -0.4 is 5.32 Å². The Bertz CT molecular complexity index is 109. The van der Waals surface area contributed by atoms with Gasteiger partial charge in [0.25, 0.3) is 0 Å². The zero-order valence-electron chi connectivity index (χ0n) is 8.53. The molecule has 1 N–H and O–H groups in total. The van der Waals surface area contributed by atoms with Crippen LogP contribution in [0.25, 0.3) is 0 Å². The van der Waals surface area contributed by atoms with E-state index in [1.165, 1.54) is 44.9 Å². The molecule has 1 saturated carbocycles. The fourth-order valence-electron chi connectivity index (χ4n) is 2.01. The molecule has 1 aliphatic rings. The van der Waals surface area contributed by atoms with Gasteiger partial charge in [0.2, 0.25) is 0 Å². The fraction of sp³-hybridized carbons (Fsp3) is 1.00. The third-order valence-corrected chi connectivity index (χ3v) is 3.12. The SMILES string of the molecule is ClCCCCNC1CCCCCC1. The molecule has 0 radical (unpaired) electrons. The zero-order chi connectivity index (χ0) is 9.36. The Morgan fingerprint density at radius 3 is 2.31 bits per heavy atom. The van der Waals surface area contributed by atoms with Gasteiger partial charge in [0.15, 0.2) is 0 Å². The van der Waals surface area contributed by atoms with Crippen molar-refractivity contribution in [1.82, 2.24) is 5.32 Å². The monoisotopic (exact) mass is 203 g/mol. The normalized spacial score (nSPS) is 20.1. The van der Waals surface area contributed by atoms with E-state index in [2.05, 4.69) is 5.32 Å². The van der Waals surface area contributed by atoms with E-state index in [4.69, 9.17) is 11.6 Å². The number of rotatable bonds is 5. The number of halogens is 1. The molecular weight excluding hydrogens is 182 g/mol. The van der Waals surface area contributed by atoms with Gasteiger partial charge in [0, 0.05) is 11.9 Å². The quantitative estimate of drug-likeness (QED) is 0.411. The van der Waals surface area contributed by atoms with Gasteiger partial charge >= 0.3 is 0 Å². The number of hydrogen-bond acceptors (Lipinski definition) is 1.